The van der Waals surface area contributed by atoms with E-state index in [2.05, 4.69) is 57.4 Å². The van der Waals surface area contributed by atoms with Gasteiger partial charge in [0.1, 0.15) is 0 Å². The van der Waals surface area contributed by atoms with Gasteiger partial charge in [-0.15, -0.1) is 5.10 Å². The standard InChI is InChI=1S/C17H23N5/c1-13-9-14(2)11-15(10-13)19-17-20-16(12-18-21-17)22-7-5-3-4-6-8-22/h9-12H,3-8H2,1-2H3,(H,19,20,21). The molecule has 0 radical (unpaired) electrons. The molecule has 5 nitrogen and oxygen atoms in total. The van der Waals surface area contributed by atoms with Crippen molar-refractivity contribution in [1.29, 1.82) is 0 Å². The molecular weight excluding hydrogens is 274 g/mol. The van der Waals surface area contributed by atoms with Gasteiger partial charge in [-0.05, 0) is 49.9 Å². The number of benzene rings is 1. The Balaban J connectivity index is 1.78. The highest BCUT2D eigenvalue weighted by Gasteiger charge is 2.12. The molecule has 3 rings (SSSR count). The van der Waals surface area contributed by atoms with Crippen molar-refractivity contribution in [1.82, 2.24) is 15.2 Å². The molecule has 0 atom stereocenters. The van der Waals surface area contributed by atoms with Crippen molar-refractivity contribution in [3.63, 3.8) is 0 Å². The van der Waals surface area contributed by atoms with Crippen LogP contribution in [0.25, 0.3) is 0 Å². The van der Waals surface area contributed by atoms with Crippen molar-refractivity contribution < 1.29 is 0 Å². The number of anilines is 3. The van der Waals surface area contributed by atoms with Gasteiger partial charge in [0.25, 0.3) is 0 Å². The highest BCUT2D eigenvalue weighted by molar-refractivity contribution is 5.56. The third kappa shape index (κ3) is 3.72. The molecule has 0 aliphatic carbocycles. The van der Waals surface area contributed by atoms with Crippen LogP contribution in [0, 0.1) is 13.8 Å². The molecule has 0 saturated carbocycles. The van der Waals surface area contributed by atoms with Crippen LogP contribution in [0.5, 0.6) is 0 Å². The van der Waals surface area contributed by atoms with E-state index in [1.54, 1.807) is 6.20 Å². The van der Waals surface area contributed by atoms with E-state index in [1.165, 1.54) is 36.8 Å². The minimum absolute atomic E-state index is 0.562. The lowest BCUT2D eigenvalue weighted by Gasteiger charge is -2.21. The Kier molecular flexibility index (Phi) is 4.51. The van der Waals surface area contributed by atoms with E-state index in [-0.39, 0.29) is 0 Å². The second-order valence-corrected chi connectivity index (χ2v) is 6.04. The molecule has 5 heteroatoms. The second kappa shape index (κ2) is 6.73. The second-order valence-electron chi connectivity index (χ2n) is 6.04. The Labute approximate surface area is 131 Å². The molecule has 0 amide bonds. The Morgan fingerprint density at radius 3 is 2.32 bits per heavy atom. The average molecular weight is 297 g/mol. The van der Waals surface area contributed by atoms with Crippen molar-refractivity contribution in [2.45, 2.75) is 39.5 Å². The van der Waals surface area contributed by atoms with E-state index in [0.29, 0.717) is 5.95 Å². The van der Waals surface area contributed by atoms with Crippen LogP contribution in [0.2, 0.25) is 0 Å². The van der Waals surface area contributed by atoms with Crippen LogP contribution < -0.4 is 10.2 Å². The molecule has 0 unspecified atom stereocenters. The third-order valence-corrected chi connectivity index (χ3v) is 3.95. The summed E-state index contributed by atoms with van der Waals surface area (Å²) in [6.07, 6.45) is 6.83. The lowest BCUT2D eigenvalue weighted by atomic mass is 10.1. The Morgan fingerprint density at radius 2 is 1.64 bits per heavy atom. The molecule has 1 aromatic carbocycles. The SMILES string of the molecule is Cc1cc(C)cc(Nc2nncc(N3CCCCCC3)n2)c1. The zero-order valence-electron chi connectivity index (χ0n) is 13.3. The number of hydrogen-bond donors (Lipinski definition) is 1. The molecule has 2 aromatic rings. The molecule has 22 heavy (non-hydrogen) atoms. The topological polar surface area (TPSA) is 53.9 Å². The summed E-state index contributed by atoms with van der Waals surface area (Å²) >= 11 is 0. The first-order chi connectivity index (χ1) is 10.7. The predicted molar refractivity (Wildman–Crippen MR) is 89.7 cm³/mol. The smallest absolute Gasteiger partial charge is 0.249 e. The highest BCUT2D eigenvalue weighted by Crippen LogP contribution is 2.20. The lowest BCUT2D eigenvalue weighted by Crippen LogP contribution is -2.25. The summed E-state index contributed by atoms with van der Waals surface area (Å²) in [6.45, 7) is 6.29. The molecular formula is C17H23N5. The van der Waals surface area contributed by atoms with Crippen LogP contribution in [0.3, 0.4) is 0 Å². The first kappa shape index (κ1) is 14.8. The Hall–Kier alpha value is -2.17. The number of aryl methyl sites for hydroxylation is 2. The molecule has 0 bridgehead atoms. The molecule has 1 aliphatic heterocycles. The number of rotatable bonds is 3. The van der Waals surface area contributed by atoms with Crippen LogP contribution in [0.1, 0.15) is 36.8 Å². The van der Waals surface area contributed by atoms with Gasteiger partial charge in [0.2, 0.25) is 5.95 Å². The van der Waals surface area contributed by atoms with E-state index < -0.39 is 0 Å². The van der Waals surface area contributed by atoms with Gasteiger partial charge >= 0.3 is 0 Å². The summed E-state index contributed by atoms with van der Waals surface area (Å²) in [5, 5.41) is 11.5. The van der Waals surface area contributed by atoms with Gasteiger partial charge in [0.15, 0.2) is 5.82 Å². The molecule has 0 spiro atoms. The minimum Gasteiger partial charge on any atom is -0.355 e. The van der Waals surface area contributed by atoms with Gasteiger partial charge in [-0.25, -0.2) is 0 Å². The van der Waals surface area contributed by atoms with Gasteiger partial charge in [0.05, 0.1) is 6.20 Å². The summed E-state index contributed by atoms with van der Waals surface area (Å²) in [5.74, 6) is 1.48. The fraction of sp³-hybridized carbons (Fsp3) is 0.471. The maximum absolute atomic E-state index is 4.63. The molecule has 116 valence electrons. The van der Waals surface area contributed by atoms with Crippen molar-refractivity contribution in [3.05, 3.63) is 35.5 Å². The summed E-state index contributed by atoms with van der Waals surface area (Å²) < 4.78 is 0. The van der Waals surface area contributed by atoms with Crippen molar-refractivity contribution in [2.24, 2.45) is 0 Å². The van der Waals surface area contributed by atoms with Gasteiger partial charge in [-0.3, -0.25) is 0 Å². The summed E-state index contributed by atoms with van der Waals surface area (Å²) in [4.78, 5) is 6.95. The molecule has 1 N–H and O–H groups in total. The molecule has 1 saturated heterocycles. The number of aromatic nitrogens is 3. The van der Waals surface area contributed by atoms with Gasteiger partial charge in [0, 0.05) is 18.8 Å². The van der Waals surface area contributed by atoms with Gasteiger partial charge < -0.3 is 10.2 Å². The van der Waals surface area contributed by atoms with Crippen LogP contribution >= 0.6 is 0 Å². The maximum atomic E-state index is 4.63. The first-order valence-electron chi connectivity index (χ1n) is 8.01. The molecule has 1 aliphatic rings. The van der Waals surface area contributed by atoms with Crippen molar-refractivity contribution in [3.8, 4) is 0 Å². The quantitative estimate of drug-likeness (QED) is 0.938. The van der Waals surface area contributed by atoms with Gasteiger partial charge in [-0.1, -0.05) is 18.9 Å². The highest BCUT2D eigenvalue weighted by atomic mass is 15.3. The minimum atomic E-state index is 0.562. The zero-order valence-corrected chi connectivity index (χ0v) is 13.3. The molecule has 1 fully saturated rings. The van der Waals surface area contributed by atoms with E-state index >= 15 is 0 Å². The number of hydrogen-bond acceptors (Lipinski definition) is 5. The normalized spacial score (nSPS) is 15.5. The molecule has 1 aromatic heterocycles. The lowest BCUT2D eigenvalue weighted by molar-refractivity contribution is 0.726. The van der Waals surface area contributed by atoms with E-state index in [1.807, 2.05) is 0 Å². The largest absolute Gasteiger partial charge is 0.355 e. The van der Waals surface area contributed by atoms with Crippen LogP contribution in [-0.2, 0) is 0 Å². The Bertz CT molecular complexity index is 612. The summed E-state index contributed by atoms with van der Waals surface area (Å²) in [5.41, 5.74) is 3.45. The van der Waals surface area contributed by atoms with Crippen LogP contribution in [0.15, 0.2) is 24.4 Å². The van der Waals surface area contributed by atoms with Crippen molar-refractivity contribution in [2.75, 3.05) is 23.3 Å². The number of nitrogens with zero attached hydrogens (tertiary/aromatic N) is 4. The van der Waals surface area contributed by atoms with E-state index in [0.717, 1.165) is 24.6 Å². The fourth-order valence-electron chi connectivity index (χ4n) is 2.98. The fourth-order valence-corrected chi connectivity index (χ4v) is 2.98. The zero-order chi connectivity index (χ0) is 15.4. The number of nitrogens with one attached hydrogen (secondary N) is 1. The third-order valence-electron chi connectivity index (χ3n) is 3.95. The van der Waals surface area contributed by atoms with Crippen LogP contribution in [0.4, 0.5) is 17.5 Å². The van der Waals surface area contributed by atoms with E-state index in [9.17, 15) is 0 Å². The predicted octanol–water partition coefficient (Wildman–Crippen LogP) is 3.61. The Morgan fingerprint density at radius 1 is 0.955 bits per heavy atom. The van der Waals surface area contributed by atoms with Gasteiger partial charge in [-0.2, -0.15) is 10.1 Å². The van der Waals surface area contributed by atoms with Crippen LogP contribution in [-0.4, -0.2) is 28.3 Å². The monoisotopic (exact) mass is 297 g/mol. The summed E-state index contributed by atoms with van der Waals surface area (Å²) in [6, 6.07) is 6.34. The molecule has 2 heterocycles. The first-order valence-corrected chi connectivity index (χ1v) is 8.01. The van der Waals surface area contributed by atoms with E-state index in [4.69, 9.17) is 0 Å². The maximum Gasteiger partial charge on any atom is 0.249 e. The summed E-state index contributed by atoms with van der Waals surface area (Å²) in [7, 11) is 0. The average Bonchev–Trinajstić information content (AvgIpc) is 2.75. The van der Waals surface area contributed by atoms with Crippen molar-refractivity contribution >= 4 is 17.5 Å².